The van der Waals surface area contributed by atoms with Crippen molar-refractivity contribution in [2.75, 3.05) is 7.05 Å². The van der Waals surface area contributed by atoms with E-state index >= 15 is 0 Å². The molecule has 1 aromatic rings. The Morgan fingerprint density at radius 3 is 3.07 bits per heavy atom. The first kappa shape index (κ1) is 8.49. The molecule has 3 rings (SSSR count). The van der Waals surface area contributed by atoms with Gasteiger partial charge in [0.05, 0.1) is 0 Å². The van der Waals surface area contributed by atoms with E-state index in [9.17, 15) is 0 Å². The van der Waals surface area contributed by atoms with Crippen LogP contribution in [0.1, 0.15) is 30.4 Å². The van der Waals surface area contributed by atoms with Gasteiger partial charge in [0, 0.05) is 5.54 Å². The molecule has 1 nitrogen and oxygen atoms in total. The second-order valence-corrected chi connectivity index (χ2v) is 4.67. The first-order valence-corrected chi connectivity index (χ1v) is 5.64. The maximum Gasteiger partial charge on any atom is 0.0466 e. The quantitative estimate of drug-likeness (QED) is 0.712. The van der Waals surface area contributed by atoms with Gasteiger partial charge in [0.25, 0.3) is 0 Å². The molecule has 2 atom stereocenters. The standard InChI is InChI=1S/C13H17N/c1-14-13-8-4-6-11(13)9-10-5-2-3-7-12(10)13/h2-3,5,7,11,14H,4,6,8-9H2,1H3/t11-,13+/m0/s1. The summed E-state index contributed by atoms with van der Waals surface area (Å²) in [6.45, 7) is 0. The lowest BCUT2D eigenvalue weighted by molar-refractivity contribution is 0.292. The molecule has 0 aromatic heterocycles. The second-order valence-electron chi connectivity index (χ2n) is 4.67. The van der Waals surface area contributed by atoms with Crippen LogP contribution in [0, 0.1) is 5.92 Å². The van der Waals surface area contributed by atoms with E-state index in [2.05, 4.69) is 36.6 Å². The highest BCUT2D eigenvalue weighted by Crippen LogP contribution is 2.51. The van der Waals surface area contributed by atoms with Crippen LogP contribution in [0.25, 0.3) is 0 Å². The van der Waals surface area contributed by atoms with Gasteiger partial charge in [0.2, 0.25) is 0 Å². The molecule has 0 saturated heterocycles. The van der Waals surface area contributed by atoms with Gasteiger partial charge in [0.1, 0.15) is 0 Å². The number of hydrogen-bond donors (Lipinski definition) is 1. The SMILES string of the molecule is CN[C@]12CCC[C@H]1Cc1ccccc12. The monoisotopic (exact) mass is 187 g/mol. The smallest absolute Gasteiger partial charge is 0.0466 e. The van der Waals surface area contributed by atoms with Crippen LogP contribution >= 0.6 is 0 Å². The summed E-state index contributed by atoms with van der Waals surface area (Å²) in [5, 5.41) is 3.60. The van der Waals surface area contributed by atoms with Crippen molar-refractivity contribution in [1.29, 1.82) is 0 Å². The molecule has 0 amide bonds. The predicted octanol–water partition coefficient (Wildman–Crippen LogP) is 2.46. The molecule has 0 aliphatic heterocycles. The lowest BCUT2D eigenvalue weighted by Crippen LogP contribution is -2.40. The number of fused-ring (bicyclic) bond motifs is 3. The molecule has 1 fully saturated rings. The van der Waals surface area contributed by atoms with E-state index < -0.39 is 0 Å². The molecule has 0 spiro atoms. The van der Waals surface area contributed by atoms with E-state index in [1.54, 1.807) is 11.1 Å². The topological polar surface area (TPSA) is 12.0 Å². The van der Waals surface area contributed by atoms with Crippen LogP contribution in [0.2, 0.25) is 0 Å². The molecule has 0 unspecified atom stereocenters. The van der Waals surface area contributed by atoms with Gasteiger partial charge in [0.15, 0.2) is 0 Å². The number of hydrogen-bond acceptors (Lipinski definition) is 1. The summed E-state index contributed by atoms with van der Waals surface area (Å²) in [5.41, 5.74) is 3.48. The Morgan fingerprint density at radius 2 is 2.21 bits per heavy atom. The molecule has 1 saturated carbocycles. The molecule has 0 heterocycles. The van der Waals surface area contributed by atoms with E-state index in [-0.39, 0.29) is 0 Å². The van der Waals surface area contributed by atoms with Crippen molar-refractivity contribution in [2.45, 2.75) is 31.2 Å². The van der Waals surface area contributed by atoms with Gasteiger partial charge in [-0.1, -0.05) is 30.7 Å². The summed E-state index contributed by atoms with van der Waals surface area (Å²) in [7, 11) is 2.13. The minimum absolute atomic E-state index is 0.330. The molecule has 1 N–H and O–H groups in total. The first-order valence-electron chi connectivity index (χ1n) is 5.64. The maximum absolute atomic E-state index is 3.60. The van der Waals surface area contributed by atoms with Gasteiger partial charge in [-0.3, -0.25) is 0 Å². The van der Waals surface area contributed by atoms with Crippen molar-refractivity contribution in [2.24, 2.45) is 5.92 Å². The average molecular weight is 187 g/mol. The highest BCUT2D eigenvalue weighted by Gasteiger charge is 2.48. The second kappa shape index (κ2) is 2.83. The van der Waals surface area contributed by atoms with Crippen LogP contribution < -0.4 is 5.32 Å². The Morgan fingerprint density at radius 1 is 1.36 bits per heavy atom. The van der Waals surface area contributed by atoms with Crippen molar-refractivity contribution in [3.63, 3.8) is 0 Å². The van der Waals surface area contributed by atoms with E-state index in [0.29, 0.717) is 5.54 Å². The van der Waals surface area contributed by atoms with E-state index in [1.807, 2.05) is 0 Å². The zero-order valence-corrected chi connectivity index (χ0v) is 8.72. The Hall–Kier alpha value is -0.820. The van der Waals surface area contributed by atoms with Crippen LogP contribution in [-0.4, -0.2) is 7.05 Å². The lowest BCUT2D eigenvalue weighted by Gasteiger charge is -2.30. The van der Waals surface area contributed by atoms with Gasteiger partial charge in [-0.05, 0) is 43.4 Å². The van der Waals surface area contributed by atoms with Gasteiger partial charge in [-0.2, -0.15) is 0 Å². The average Bonchev–Trinajstić information content (AvgIpc) is 2.73. The van der Waals surface area contributed by atoms with Crippen molar-refractivity contribution >= 4 is 0 Å². The summed E-state index contributed by atoms with van der Waals surface area (Å²) >= 11 is 0. The highest BCUT2D eigenvalue weighted by atomic mass is 15.0. The normalized spacial score (nSPS) is 34.2. The zero-order chi connectivity index (χ0) is 9.60. The summed E-state index contributed by atoms with van der Waals surface area (Å²) in [5.74, 6) is 0.852. The lowest BCUT2D eigenvalue weighted by atomic mass is 9.86. The minimum Gasteiger partial charge on any atom is -0.310 e. The summed E-state index contributed by atoms with van der Waals surface area (Å²) in [4.78, 5) is 0. The predicted molar refractivity (Wildman–Crippen MR) is 58.2 cm³/mol. The molecule has 0 bridgehead atoms. The number of rotatable bonds is 1. The van der Waals surface area contributed by atoms with Crippen LogP contribution in [0.15, 0.2) is 24.3 Å². The van der Waals surface area contributed by atoms with Crippen molar-refractivity contribution in [3.8, 4) is 0 Å². The third kappa shape index (κ3) is 0.885. The van der Waals surface area contributed by atoms with Crippen LogP contribution in [0.3, 0.4) is 0 Å². The van der Waals surface area contributed by atoms with Crippen molar-refractivity contribution in [1.82, 2.24) is 5.32 Å². The largest absolute Gasteiger partial charge is 0.310 e. The van der Waals surface area contributed by atoms with Crippen LogP contribution in [-0.2, 0) is 12.0 Å². The third-order valence-electron chi connectivity index (χ3n) is 4.23. The molecular weight excluding hydrogens is 170 g/mol. The third-order valence-corrected chi connectivity index (χ3v) is 4.23. The Labute approximate surface area is 85.5 Å². The molecule has 0 radical (unpaired) electrons. The molecule has 14 heavy (non-hydrogen) atoms. The van der Waals surface area contributed by atoms with Crippen molar-refractivity contribution in [3.05, 3.63) is 35.4 Å². The fourth-order valence-electron chi connectivity index (χ4n) is 3.57. The fraction of sp³-hybridized carbons (Fsp3) is 0.538. The fourth-order valence-corrected chi connectivity index (χ4v) is 3.57. The molecular formula is C13H17N. The summed E-state index contributed by atoms with van der Waals surface area (Å²) in [6, 6.07) is 8.96. The first-order chi connectivity index (χ1) is 6.87. The van der Waals surface area contributed by atoms with Crippen molar-refractivity contribution < 1.29 is 0 Å². The van der Waals surface area contributed by atoms with Gasteiger partial charge in [-0.15, -0.1) is 0 Å². The van der Waals surface area contributed by atoms with E-state index in [4.69, 9.17) is 0 Å². The Kier molecular flexibility index (Phi) is 1.72. The van der Waals surface area contributed by atoms with Gasteiger partial charge < -0.3 is 5.32 Å². The molecule has 2 aliphatic carbocycles. The Bertz CT molecular complexity index is 358. The van der Waals surface area contributed by atoms with Gasteiger partial charge in [-0.25, -0.2) is 0 Å². The molecule has 1 aromatic carbocycles. The van der Waals surface area contributed by atoms with Crippen LogP contribution in [0.4, 0.5) is 0 Å². The number of benzene rings is 1. The Balaban J connectivity index is 2.15. The highest BCUT2D eigenvalue weighted by molar-refractivity contribution is 5.41. The number of nitrogens with one attached hydrogen (secondary N) is 1. The summed E-state index contributed by atoms with van der Waals surface area (Å²) < 4.78 is 0. The molecule has 74 valence electrons. The molecule has 1 heteroatoms. The van der Waals surface area contributed by atoms with Crippen LogP contribution in [0.5, 0.6) is 0 Å². The zero-order valence-electron chi connectivity index (χ0n) is 8.72. The summed E-state index contributed by atoms with van der Waals surface area (Å²) in [6.07, 6.45) is 5.40. The maximum atomic E-state index is 3.60. The van der Waals surface area contributed by atoms with E-state index in [0.717, 1.165) is 5.92 Å². The minimum atomic E-state index is 0.330. The molecule has 2 aliphatic rings. The van der Waals surface area contributed by atoms with Gasteiger partial charge >= 0.3 is 0 Å². The van der Waals surface area contributed by atoms with E-state index in [1.165, 1.54) is 25.7 Å².